The predicted octanol–water partition coefficient (Wildman–Crippen LogP) is 4.04. The van der Waals surface area contributed by atoms with Gasteiger partial charge in [0.1, 0.15) is 6.23 Å². The minimum Gasteiger partial charge on any atom is -0.360 e. The Morgan fingerprint density at radius 1 is 1.47 bits per heavy atom. The first-order chi connectivity index (χ1) is 8.20. The molecule has 1 aliphatic rings. The van der Waals surface area contributed by atoms with Crippen molar-refractivity contribution in [2.75, 3.05) is 11.9 Å². The lowest BCUT2D eigenvalue weighted by Gasteiger charge is -2.25. The summed E-state index contributed by atoms with van der Waals surface area (Å²) >= 11 is 9.42. The number of rotatable bonds is 3. The maximum absolute atomic E-state index is 7.43. The van der Waals surface area contributed by atoms with E-state index >= 15 is 0 Å². The fourth-order valence-corrected chi connectivity index (χ4v) is 2.80. The number of anilines is 1. The second kappa shape index (κ2) is 5.85. The first kappa shape index (κ1) is 12.9. The Morgan fingerprint density at radius 2 is 2.29 bits per heavy atom. The average Bonchev–Trinajstić information content (AvgIpc) is 2.30. The van der Waals surface area contributed by atoms with E-state index in [2.05, 4.69) is 21.2 Å². The Balaban J connectivity index is 2.21. The van der Waals surface area contributed by atoms with E-state index in [0.29, 0.717) is 5.02 Å². The summed E-state index contributed by atoms with van der Waals surface area (Å²) < 4.78 is 6.43. The highest BCUT2D eigenvalue weighted by molar-refractivity contribution is 9.10. The molecule has 0 radical (unpaired) electrons. The molecule has 1 fully saturated rings. The summed E-state index contributed by atoms with van der Waals surface area (Å²) in [6.45, 7) is 0.791. The fourth-order valence-electron chi connectivity index (χ4n) is 1.88. The molecule has 1 heterocycles. The van der Waals surface area contributed by atoms with Crippen molar-refractivity contribution in [3.05, 3.63) is 27.2 Å². The van der Waals surface area contributed by atoms with Crippen molar-refractivity contribution in [3.63, 3.8) is 0 Å². The lowest BCUT2D eigenvalue weighted by atomic mass is 10.1. The smallest absolute Gasteiger partial charge is 0.127 e. The first-order valence-corrected chi connectivity index (χ1v) is 6.75. The largest absolute Gasteiger partial charge is 0.360 e. The van der Waals surface area contributed by atoms with Crippen molar-refractivity contribution >= 4 is 39.4 Å². The lowest BCUT2D eigenvalue weighted by molar-refractivity contribution is 0.0343. The lowest BCUT2D eigenvalue weighted by Crippen LogP contribution is -2.27. The molecule has 1 aromatic rings. The summed E-state index contributed by atoms with van der Waals surface area (Å²) in [5.41, 5.74) is 1.63. The van der Waals surface area contributed by atoms with Gasteiger partial charge in [0.2, 0.25) is 0 Å². The summed E-state index contributed by atoms with van der Waals surface area (Å²) in [5.74, 6) is 0. The van der Waals surface area contributed by atoms with Gasteiger partial charge in [-0.3, -0.25) is 0 Å². The van der Waals surface area contributed by atoms with Gasteiger partial charge in [-0.2, -0.15) is 0 Å². The molecule has 0 amide bonds. The van der Waals surface area contributed by atoms with Crippen molar-refractivity contribution in [2.45, 2.75) is 25.5 Å². The van der Waals surface area contributed by atoms with Crippen molar-refractivity contribution in [1.29, 1.82) is 5.41 Å². The van der Waals surface area contributed by atoms with Crippen molar-refractivity contribution in [1.82, 2.24) is 0 Å². The molecule has 3 nitrogen and oxygen atoms in total. The standard InChI is InChI=1S/C12H14BrClN2O/c13-10-5-8(14)6-11(9(10)7-15)16-12-3-1-2-4-17-12/h5-7,12,15-16H,1-4H2. The average molecular weight is 318 g/mol. The highest BCUT2D eigenvalue weighted by atomic mass is 79.9. The Hall–Kier alpha value is -0.580. The zero-order chi connectivity index (χ0) is 12.3. The molecule has 1 aliphatic heterocycles. The van der Waals surface area contributed by atoms with Crippen LogP contribution in [0.1, 0.15) is 24.8 Å². The second-order valence-electron chi connectivity index (χ2n) is 3.99. The second-order valence-corrected chi connectivity index (χ2v) is 5.28. The molecule has 0 bridgehead atoms. The van der Waals surface area contributed by atoms with Crippen molar-refractivity contribution in [3.8, 4) is 0 Å². The molecule has 0 aliphatic carbocycles. The number of hydrogen-bond donors (Lipinski definition) is 2. The van der Waals surface area contributed by atoms with Gasteiger partial charge in [-0.1, -0.05) is 11.6 Å². The van der Waals surface area contributed by atoms with Crippen LogP contribution < -0.4 is 5.32 Å². The van der Waals surface area contributed by atoms with Crippen LogP contribution in [-0.4, -0.2) is 19.0 Å². The van der Waals surface area contributed by atoms with E-state index in [4.69, 9.17) is 21.7 Å². The molecule has 1 aromatic carbocycles. The number of hydrogen-bond acceptors (Lipinski definition) is 3. The van der Waals surface area contributed by atoms with Crippen LogP contribution in [0.25, 0.3) is 0 Å². The van der Waals surface area contributed by atoms with Gasteiger partial charge in [-0.25, -0.2) is 0 Å². The van der Waals surface area contributed by atoms with Gasteiger partial charge in [0.15, 0.2) is 0 Å². The van der Waals surface area contributed by atoms with E-state index < -0.39 is 0 Å². The zero-order valence-electron chi connectivity index (χ0n) is 9.30. The summed E-state index contributed by atoms with van der Waals surface area (Å²) in [7, 11) is 0. The Bertz CT molecular complexity index is 419. The molecule has 0 saturated carbocycles. The van der Waals surface area contributed by atoms with E-state index in [1.165, 1.54) is 12.6 Å². The first-order valence-electron chi connectivity index (χ1n) is 5.58. The normalized spacial score (nSPS) is 20.0. The minimum atomic E-state index is 0.0211. The van der Waals surface area contributed by atoms with Crippen LogP contribution in [0.15, 0.2) is 16.6 Å². The van der Waals surface area contributed by atoms with E-state index in [1.54, 1.807) is 6.07 Å². The fraction of sp³-hybridized carbons (Fsp3) is 0.417. The van der Waals surface area contributed by atoms with E-state index in [1.807, 2.05) is 6.07 Å². The maximum atomic E-state index is 7.43. The van der Waals surface area contributed by atoms with Crippen LogP contribution in [0, 0.1) is 5.41 Å². The summed E-state index contributed by atoms with van der Waals surface area (Å²) in [5, 5.41) is 11.4. The maximum Gasteiger partial charge on any atom is 0.127 e. The van der Waals surface area contributed by atoms with Crippen LogP contribution in [0.3, 0.4) is 0 Å². The highest BCUT2D eigenvalue weighted by Gasteiger charge is 2.15. The third-order valence-electron chi connectivity index (χ3n) is 2.73. The SMILES string of the molecule is N=Cc1c(Br)cc(Cl)cc1NC1CCCCO1. The van der Waals surface area contributed by atoms with Crippen LogP contribution in [0.4, 0.5) is 5.69 Å². The molecule has 2 N–H and O–H groups in total. The Kier molecular flexibility index (Phi) is 4.42. The van der Waals surface area contributed by atoms with Gasteiger partial charge >= 0.3 is 0 Å². The molecule has 0 spiro atoms. The van der Waals surface area contributed by atoms with Crippen molar-refractivity contribution in [2.24, 2.45) is 0 Å². The van der Waals surface area contributed by atoms with Gasteiger partial charge in [-0.05, 0) is 47.3 Å². The number of benzene rings is 1. The number of ether oxygens (including phenoxy) is 1. The molecule has 0 aromatic heterocycles. The third-order valence-corrected chi connectivity index (χ3v) is 3.61. The molecule has 1 unspecified atom stereocenters. The Morgan fingerprint density at radius 3 is 2.94 bits per heavy atom. The molecule has 5 heteroatoms. The summed E-state index contributed by atoms with van der Waals surface area (Å²) in [6.07, 6.45) is 4.61. The van der Waals surface area contributed by atoms with E-state index in [0.717, 1.165) is 35.2 Å². The minimum absolute atomic E-state index is 0.0211. The topological polar surface area (TPSA) is 45.1 Å². The van der Waals surface area contributed by atoms with E-state index in [9.17, 15) is 0 Å². The number of nitrogens with one attached hydrogen (secondary N) is 2. The quantitative estimate of drug-likeness (QED) is 0.826. The molecule has 92 valence electrons. The molecule has 2 rings (SSSR count). The third kappa shape index (κ3) is 3.21. The van der Waals surface area contributed by atoms with Gasteiger partial charge in [-0.15, -0.1) is 0 Å². The molecule has 1 atom stereocenters. The van der Waals surface area contributed by atoms with E-state index in [-0.39, 0.29) is 6.23 Å². The summed E-state index contributed by atoms with van der Waals surface area (Å²) in [4.78, 5) is 0. The molecule has 17 heavy (non-hydrogen) atoms. The molecular formula is C12H14BrClN2O. The number of halogens is 2. The van der Waals surface area contributed by atoms with Crippen LogP contribution in [0.5, 0.6) is 0 Å². The predicted molar refractivity (Wildman–Crippen MR) is 74.3 cm³/mol. The summed E-state index contributed by atoms with van der Waals surface area (Å²) in [6, 6.07) is 3.61. The van der Waals surface area contributed by atoms with Gasteiger partial charge < -0.3 is 15.5 Å². The van der Waals surface area contributed by atoms with Crippen molar-refractivity contribution < 1.29 is 4.74 Å². The van der Waals surface area contributed by atoms with Crippen LogP contribution in [0.2, 0.25) is 5.02 Å². The van der Waals surface area contributed by atoms with Crippen LogP contribution in [-0.2, 0) is 4.74 Å². The van der Waals surface area contributed by atoms with Gasteiger partial charge in [0.05, 0.1) is 0 Å². The highest BCUT2D eigenvalue weighted by Crippen LogP contribution is 2.29. The molecular weight excluding hydrogens is 304 g/mol. The monoisotopic (exact) mass is 316 g/mol. The van der Waals surface area contributed by atoms with Gasteiger partial charge in [0, 0.05) is 33.6 Å². The Labute approximate surface area is 114 Å². The van der Waals surface area contributed by atoms with Gasteiger partial charge in [0.25, 0.3) is 0 Å². The zero-order valence-corrected chi connectivity index (χ0v) is 11.6. The molecule has 1 saturated heterocycles. The van der Waals surface area contributed by atoms with Crippen LogP contribution >= 0.6 is 27.5 Å².